The number of sulfonamides is 1. The molecular formula is C13H18F2N2O2S. The first kappa shape index (κ1) is 15.2. The molecule has 20 heavy (non-hydrogen) atoms. The summed E-state index contributed by atoms with van der Waals surface area (Å²) in [5, 5.41) is 0. The molecular weight excluding hydrogens is 286 g/mol. The standard InChI is InChI=1S/C13H18F2N2O2S/c1-8(9-4-2-3-5-9)17-20(18,19)13-7-12(16)10(14)6-11(13)15/h6-9,17H,2-5,16H2,1H3. The molecule has 0 heterocycles. The average molecular weight is 304 g/mol. The van der Waals surface area contributed by atoms with Crippen molar-refractivity contribution in [1.82, 2.24) is 4.72 Å². The number of anilines is 1. The summed E-state index contributed by atoms with van der Waals surface area (Å²) in [6, 6.07) is 1.02. The van der Waals surface area contributed by atoms with Gasteiger partial charge in [-0.15, -0.1) is 0 Å². The third kappa shape index (κ3) is 3.09. The minimum Gasteiger partial charge on any atom is -0.396 e. The molecule has 0 radical (unpaired) electrons. The number of halogens is 2. The fourth-order valence-corrected chi connectivity index (χ4v) is 4.02. The Bertz CT molecular complexity index is 599. The van der Waals surface area contributed by atoms with E-state index in [2.05, 4.69) is 4.72 Å². The fourth-order valence-electron chi connectivity index (χ4n) is 2.61. The molecule has 0 saturated heterocycles. The van der Waals surface area contributed by atoms with E-state index in [0.717, 1.165) is 31.7 Å². The number of rotatable bonds is 4. The molecule has 1 atom stereocenters. The number of hydrogen-bond acceptors (Lipinski definition) is 3. The van der Waals surface area contributed by atoms with Crippen LogP contribution in [0, 0.1) is 17.6 Å². The summed E-state index contributed by atoms with van der Waals surface area (Å²) in [4.78, 5) is -0.610. The van der Waals surface area contributed by atoms with E-state index in [4.69, 9.17) is 5.73 Å². The molecule has 0 spiro atoms. The van der Waals surface area contributed by atoms with Crippen LogP contribution >= 0.6 is 0 Å². The van der Waals surface area contributed by atoms with Gasteiger partial charge in [-0.05, 0) is 31.7 Å². The van der Waals surface area contributed by atoms with Gasteiger partial charge in [-0.2, -0.15) is 0 Å². The molecule has 0 bridgehead atoms. The predicted molar refractivity (Wildman–Crippen MR) is 72.5 cm³/mol. The number of benzene rings is 1. The first-order valence-corrected chi connectivity index (χ1v) is 8.06. The van der Waals surface area contributed by atoms with Crippen molar-refractivity contribution in [2.75, 3.05) is 5.73 Å². The highest BCUT2D eigenvalue weighted by atomic mass is 32.2. The highest BCUT2D eigenvalue weighted by Crippen LogP contribution is 2.29. The summed E-state index contributed by atoms with van der Waals surface area (Å²) in [6.45, 7) is 1.76. The van der Waals surface area contributed by atoms with Gasteiger partial charge in [-0.1, -0.05) is 12.8 Å². The second kappa shape index (κ2) is 5.65. The van der Waals surface area contributed by atoms with Crippen LogP contribution in [0.25, 0.3) is 0 Å². The molecule has 1 aromatic carbocycles. The van der Waals surface area contributed by atoms with Gasteiger partial charge in [-0.25, -0.2) is 21.9 Å². The van der Waals surface area contributed by atoms with E-state index in [1.54, 1.807) is 6.92 Å². The summed E-state index contributed by atoms with van der Waals surface area (Å²) in [7, 11) is -4.04. The van der Waals surface area contributed by atoms with Gasteiger partial charge in [0, 0.05) is 12.1 Å². The molecule has 0 aliphatic heterocycles. The van der Waals surface area contributed by atoms with Gasteiger partial charge in [0.2, 0.25) is 10.0 Å². The Kier molecular flexibility index (Phi) is 4.29. The maximum absolute atomic E-state index is 13.6. The van der Waals surface area contributed by atoms with Gasteiger partial charge in [-0.3, -0.25) is 0 Å². The Hall–Kier alpha value is -1.21. The van der Waals surface area contributed by atoms with Crippen LogP contribution in [-0.4, -0.2) is 14.5 Å². The SMILES string of the molecule is CC(NS(=O)(=O)c1cc(N)c(F)cc1F)C1CCCC1. The third-order valence-electron chi connectivity index (χ3n) is 3.79. The fraction of sp³-hybridized carbons (Fsp3) is 0.538. The lowest BCUT2D eigenvalue weighted by molar-refractivity contribution is 0.422. The molecule has 0 amide bonds. The lowest BCUT2D eigenvalue weighted by Crippen LogP contribution is -2.37. The molecule has 112 valence electrons. The van der Waals surface area contributed by atoms with Crippen LogP contribution in [0.15, 0.2) is 17.0 Å². The van der Waals surface area contributed by atoms with Crippen molar-refractivity contribution in [3.8, 4) is 0 Å². The topological polar surface area (TPSA) is 72.2 Å². The number of hydrogen-bond donors (Lipinski definition) is 2. The molecule has 4 nitrogen and oxygen atoms in total. The second-order valence-corrected chi connectivity index (χ2v) is 6.94. The van der Waals surface area contributed by atoms with Crippen LogP contribution in [-0.2, 0) is 10.0 Å². The van der Waals surface area contributed by atoms with Crippen molar-refractivity contribution in [3.05, 3.63) is 23.8 Å². The maximum Gasteiger partial charge on any atom is 0.243 e. The maximum atomic E-state index is 13.6. The monoisotopic (exact) mass is 304 g/mol. The van der Waals surface area contributed by atoms with Crippen molar-refractivity contribution in [2.45, 2.75) is 43.5 Å². The van der Waals surface area contributed by atoms with E-state index in [0.29, 0.717) is 6.07 Å². The van der Waals surface area contributed by atoms with Gasteiger partial charge in [0.05, 0.1) is 5.69 Å². The Labute approximate surface area is 117 Å². The third-order valence-corrected chi connectivity index (χ3v) is 5.36. The molecule has 0 aromatic heterocycles. The highest BCUT2D eigenvalue weighted by molar-refractivity contribution is 7.89. The zero-order valence-corrected chi connectivity index (χ0v) is 12.0. The van der Waals surface area contributed by atoms with Crippen LogP contribution in [0.4, 0.5) is 14.5 Å². The van der Waals surface area contributed by atoms with E-state index in [1.807, 2.05) is 0 Å². The molecule has 1 unspecified atom stereocenters. The molecule has 1 fully saturated rings. The second-order valence-electron chi connectivity index (χ2n) is 5.26. The molecule has 1 aliphatic carbocycles. The molecule has 7 heteroatoms. The van der Waals surface area contributed by atoms with Crippen LogP contribution < -0.4 is 10.5 Å². The minimum absolute atomic E-state index is 0.255. The Morgan fingerprint density at radius 2 is 1.85 bits per heavy atom. The van der Waals surface area contributed by atoms with Gasteiger partial charge < -0.3 is 5.73 Å². The number of nitrogens with two attached hydrogens (primary N) is 1. The van der Waals surface area contributed by atoms with E-state index in [-0.39, 0.29) is 17.6 Å². The van der Waals surface area contributed by atoms with Crippen LogP contribution in [0.1, 0.15) is 32.6 Å². The van der Waals surface area contributed by atoms with Crippen molar-refractivity contribution in [1.29, 1.82) is 0 Å². The Morgan fingerprint density at radius 1 is 1.25 bits per heavy atom. The van der Waals surface area contributed by atoms with Crippen LogP contribution in [0.5, 0.6) is 0 Å². The lowest BCUT2D eigenvalue weighted by atomic mass is 10.0. The van der Waals surface area contributed by atoms with Gasteiger partial charge in [0.25, 0.3) is 0 Å². The summed E-state index contributed by atoms with van der Waals surface area (Å²) in [6.07, 6.45) is 4.07. The van der Waals surface area contributed by atoms with Crippen molar-refractivity contribution in [3.63, 3.8) is 0 Å². The van der Waals surface area contributed by atoms with Gasteiger partial charge in [0.15, 0.2) is 0 Å². The summed E-state index contributed by atoms with van der Waals surface area (Å²) >= 11 is 0. The highest BCUT2D eigenvalue weighted by Gasteiger charge is 2.28. The average Bonchev–Trinajstić information content (AvgIpc) is 2.86. The molecule has 3 N–H and O–H groups in total. The van der Waals surface area contributed by atoms with Gasteiger partial charge in [0.1, 0.15) is 16.5 Å². The smallest absolute Gasteiger partial charge is 0.243 e. The first-order chi connectivity index (χ1) is 9.31. The van der Waals surface area contributed by atoms with E-state index in [1.165, 1.54) is 0 Å². The number of nitrogen functional groups attached to an aromatic ring is 1. The largest absolute Gasteiger partial charge is 0.396 e. The predicted octanol–water partition coefficient (Wildman–Crippen LogP) is 2.40. The first-order valence-electron chi connectivity index (χ1n) is 6.58. The van der Waals surface area contributed by atoms with Gasteiger partial charge >= 0.3 is 0 Å². The zero-order valence-electron chi connectivity index (χ0n) is 11.2. The zero-order chi connectivity index (χ0) is 14.9. The Morgan fingerprint density at radius 3 is 2.45 bits per heavy atom. The molecule has 1 aromatic rings. The minimum atomic E-state index is -4.04. The Balaban J connectivity index is 2.24. The van der Waals surface area contributed by atoms with Crippen molar-refractivity contribution >= 4 is 15.7 Å². The summed E-state index contributed by atoms with van der Waals surface area (Å²) < 4.78 is 53.5. The van der Waals surface area contributed by atoms with Crippen LogP contribution in [0.2, 0.25) is 0 Å². The van der Waals surface area contributed by atoms with Crippen LogP contribution in [0.3, 0.4) is 0 Å². The molecule has 2 rings (SSSR count). The van der Waals surface area contributed by atoms with Crippen molar-refractivity contribution in [2.24, 2.45) is 5.92 Å². The summed E-state index contributed by atoms with van der Waals surface area (Å²) in [5.41, 5.74) is 4.92. The van der Waals surface area contributed by atoms with E-state index < -0.39 is 26.6 Å². The van der Waals surface area contributed by atoms with E-state index in [9.17, 15) is 17.2 Å². The number of nitrogens with one attached hydrogen (secondary N) is 1. The summed E-state index contributed by atoms with van der Waals surface area (Å²) in [5.74, 6) is -1.85. The van der Waals surface area contributed by atoms with E-state index >= 15 is 0 Å². The molecule has 1 saturated carbocycles. The quantitative estimate of drug-likeness (QED) is 0.839. The lowest BCUT2D eigenvalue weighted by Gasteiger charge is -2.20. The molecule has 1 aliphatic rings. The van der Waals surface area contributed by atoms with Crippen molar-refractivity contribution < 1.29 is 17.2 Å². The normalized spacial score (nSPS) is 18.4.